The second-order valence-electron chi connectivity index (χ2n) is 4.83. The molecule has 0 aromatic carbocycles. The molecule has 1 atom stereocenters. The van der Waals surface area contributed by atoms with Crippen molar-refractivity contribution in [3.63, 3.8) is 0 Å². The highest BCUT2D eigenvalue weighted by molar-refractivity contribution is 4.70. The first-order valence-electron chi connectivity index (χ1n) is 6.86. The van der Waals surface area contributed by atoms with Crippen LogP contribution in [0.2, 0.25) is 0 Å². The van der Waals surface area contributed by atoms with E-state index in [-0.39, 0.29) is 0 Å². The molecule has 1 heterocycles. The fourth-order valence-corrected chi connectivity index (χ4v) is 2.22. The molecule has 0 aliphatic carbocycles. The summed E-state index contributed by atoms with van der Waals surface area (Å²) in [5.74, 6) is 0. The molecule has 0 saturated carbocycles. The van der Waals surface area contributed by atoms with E-state index in [0.717, 1.165) is 26.2 Å². The average molecular weight is 228 g/mol. The maximum atomic E-state index is 5.45. The van der Waals surface area contributed by atoms with Gasteiger partial charge in [0, 0.05) is 25.7 Å². The predicted molar refractivity (Wildman–Crippen MR) is 68.9 cm³/mol. The first-order valence-corrected chi connectivity index (χ1v) is 6.86. The van der Waals surface area contributed by atoms with Gasteiger partial charge in [-0.2, -0.15) is 0 Å². The van der Waals surface area contributed by atoms with Gasteiger partial charge in [0.1, 0.15) is 0 Å². The number of rotatable bonds is 8. The Morgan fingerprint density at radius 2 is 1.94 bits per heavy atom. The molecule has 0 bridgehead atoms. The third-order valence-electron chi connectivity index (χ3n) is 3.07. The van der Waals surface area contributed by atoms with Crippen molar-refractivity contribution < 1.29 is 4.74 Å². The van der Waals surface area contributed by atoms with E-state index in [1.807, 2.05) is 0 Å². The van der Waals surface area contributed by atoms with Crippen LogP contribution in [0.5, 0.6) is 0 Å². The summed E-state index contributed by atoms with van der Waals surface area (Å²) in [5, 5.41) is 3.52. The molecule has 16 heavy (non-hydrogen) atoms. The lowest BCUT2D eigenvalue weighted by Gasteiger charge is -2.29. The van der Waals surface area contributed by atoms with Crippen molar-refractivity contribution >= 4 is 0 Å². The van der Waals surface area contributed by atoms with E-state index < -0.39 is 0 Å². The summed E-state index contributed by atoms with van der Waals surface area (Å²) in [6.07, 6.45) is 5.30. The van der Waals surface area contributed by atoms with Gasteiger partial charge in [0.15, 0.2) is 0 Å². The third-order valence-corrected chi connectivity index (χ3v) is 3.07. The minimum absolute atomic E-state index is 0.586. The highest BCUT2D eigenvalue weighted by atomic mass is 16.5. The Balaban J connectivity index is 1.95. The van der Waals surface area contributed by atoms with E-state index in [9.17, 15) is 0 Å². The van der Waals surface area contributed by atoms with Crippen LogP contribution in [-0.4, -0.2) is 50.3 Å². The Morgan fingerprint density at radius 3 is 2.62 bits per heavy atom. The molecule has 1 unspecified atom stereocenters. The minimum Gasteiger partial charge on any atom is -0.380 e. The fraction of sp³-hybridized carbons (Fsp3) is 1.00. The Bertz CT molecular complexity index is 158. The predicted octanol–water partition coefficient (Wildman–Crippen LogP) is 1.88. The van der Waals surface area contributed by atoms with Gasteiger partial charge < -0.3 is 15.0 Å². The van der Waals surface area contributed by atoms with Gasteiger partial charge in [0.2, 0.25) is 0 Å². The van der Waals surface area contributed by atoms with Gasteiger partial charge in [-0.25, -0.2) is 0 Å². The van der Waals surface area contributed by atoms with E-state index in [0.29, 0.717) is 6.04 Å². The van der Waals surface area contributed by atoms with Crippen molar-refractivity contribution in [1.29, 1.82) is 0 Å². The summed E-state index contributed by atoms with van der Waals surface area (Å²) in [6, 6.07) is 0.586. The van der Waals surface area contributed by atoms with Crippen LogP contribution in [0.15, 0.2) is 0 Å². The third kappa shape index (κ3) is 6.46. The lowest BCUT2D eigenvalue weighted by atomic mass is 10.1. The van der Waals surface area contributed by atoms with E-state index in [4.69, 9.17) is 4.74 Å². The molecule has 1 rings (SSSR count). The molecule has 1 aliphatic heterocycles. The first-order chi connectivity index (χ1) is 7.83. The van der Waals surface area contributed by atoms with Crippen LogP contribution in [0.1, 0.15) is 39.5 Å². The molecule has 96 valence electrons. The molecule has 3 nitrogen and oxygen atoms in total. The summed E-state index contributed by atoms with van der Waals surface area (Å²) < 4.78 is 5.45. The molecule has 1 saturated heterocycles. The number of ether oxygens (including phenoxy) is 1. The summed E-state index contributed by atoms with van der Waals surface area (Å²) in [5.41, 5.74) is 0. The van der Waals surface area contributed by atoms with E-state index in [1.165, 1.54) is 38.9 Å². The Morgan fingerprint density at radius 1 is 1.19 bits per heavy atom. The Kier molecular flexibility index (Phi) is 7.81. The van der Waals surface area contributed by atoms with Gasteiger partial charge in [-0.05, 0) is 39.3 Å². The van der Waals surface area contributed by atoms with Gasteiger partial charge >= 0.3 is 0 Å². The molecule has 0 aromatic heterocycles. The van der Waals surface area contributed by atoms with Crippen LogP contribution in [0.25, 0.3) is 0 Å². The largest absolute Gasteiger partial charge is 0.380 e. The van der Waals surface area contributed by atoms with Gasteiger partial charge in [0.25, 0.3) is 0 Å². The lowest BCUT2D eigenvalue weighted by molar-refractivity contribution is 0.131. The highest BCUT2D eigenvalue weighted by Gasteiger charge is 2.12. The topological polar surface area (TPSA) is 24.5 Å². The van der Waals surface area contributed by atoms with Gasteiger partial charge in [0.05, 0.1) is 6.61 Å². The van der Waals surface area contributed by atoms with Crippen molar-refractivity contribution in [2.75, 3.05) is 39.4 Å². The van der Waals surface area contributed by atoms with Crippen molar-refractivity contribution in [2.24, 2.45) is 0 Å². The molecular weight excluding hydrogens is 200 g/mol. The second-order valence-corrected chi connectivity index (χ2v) is 4.83. The number of hydrogen-bond donors (Lipinski definition) is 1. The molecule has 3 heteroatoms. The summed E-state index contributed by atoms with van der Waals surface area (Å²) in [6.45, 7) is 10.9. The maximum Gasteiger partial charge on any atom is 0.0591 e. The van der Waals surface area contributed by atoms with Gasteiger partial charge in [-0.1, -0.05) is 13.3 Å². The van der Waals surface area contributed by atoms with Gasteiger partial charge in [-0.15, -0.1) is 0 Å². The fourth-order valence-electron chi connectivity index (χ4n) is 2.22. The smallest absolute Gasteiger partial charge is 0.0591 e. The van der Waals surface area contributed by atoms with Crippen molar-refractivity contribution in [3.8, 4) is 0 Å². The Labute approximate surface area is 101 Å². The van der Waals surface area contributed by atoms with Crippen LogP contribution < -0.4 is 5.32 Å². The van der Waals surface area contributed by atoms with Crippen LogP contribution in [0, 0.1) is 0 Å². The van der Waals surface area contributed by atoms with Crippen LogP contribution in [0.4, 0.5) is 0 Å². The number of hydrogen-bond acceptors (Lipinski definition) is 3. The number of nitrogens with one attached hydrogen (secondary N) is 1. The zero-order valence-corrected chi connectivity index (χ0v) is 11.0. The molecule has 0 radical (unpaired) electrons. The maximum absolute atomic E-state index is 5.45. The van der Waals surface area contributed by atoms with E-state index >= 15 is 0 Å². The molecule has 0 aromatic rings. The lowest BCUT2D eigenvalue weighted by Crippen LogP contribution is -2.42. The van der Waals surface area contributed by atoms with Crippen molar-refractivity contribution in [2.45, 2.75) is 45.6 Å². The monoisotopic (exact) mass is 228 g/mol. The summed E-state index contributed by atoms with van der Waals surface area (Å²) in [7, 11) is 0. The second kappa shape index (κ2) is 8.97. The first kappa shape index (κ1) is 13.9. The normalized spacial score (nSPS) is 19.9. The zero-order valence-electron chi connectivity index (χ0n) is 11.0. The molecular formula is C13H28N2O. The standard InChI is InChI=1S/C13H28N2O/c1-3-10-16-11-7-14-13(2)12-15-8-5-4-6-9-15/h13-14H,3-12H2,1-2H3. The highest BCUT2D eigenvalue weighted by Crippen LogP contribution is 2.08. The average Bonchev–Trinajstić information content (AvgIpc) is 2.30. The zero-order chi connectivity index (χ0) is 11.6. The number of likely N-dealkylation sites (tertiary alicyclic amines) is 1. The van der Waals surface area contributed by atoms with Crippen molar-refractivity contribution in [1.82, 2.24) is 10.2 Å². The summed E-state index contributed by atoms with van der Waals surface area (Å²) in [4.78, 5) is 2.58. The quantitative estimate of drug-likeness (QED) is 0.642. The minimum atomic E-state index is 0.586. The Hall–Kier alpha value is -0.120. The van der Waals surface area contributed by atoms with Gasteiger partial charge in [-0.3, -0.25) is 0 Å². The van der Waals surface area contributed by atoms with Crippen LogP contribution >= 0.6 is 0 Å². The van der Waals surface area contributed by atoms with Crippen LogP contribution in [0.3, 0.4) is 0 Å². The molecule has 1 N–H and O–H groups in total. The van der Waals surface area contributed by atoms with Crippen LogP contribution in [-0.2, 0) is 4.74 Å². The number of nitrogens with zero attached hydrogens (tertiary/aromatic N) is 1. The van der Waals surface area contributed by atoms with Crippen molar-refractivity contribution in [3.05, 3.63) is 0 Å². The molecule has 0 spiro atoms. The van der Waals surface area contributed by atoms with E-state index in [2.05, 4.69) is 24.1 Å². The SMILES string of the molecule is CCCOCCNC(C)CN1CCCCC1. The summed E-state index contributed by atoms with van der Waals surface area (Å²) >= 11 is 0. The number of piperidine rings is 1. The molecule has 1 fully saturated rings. The van der Waals surface area contributed by atoms with E-state index in [1.54, 1.807) is 0 Å². The molecule has 1 aliphatic rings. The molecule has 0 amide bonds.